The van der Waals surface area contributed by atoms with Crippen LogP contribution in [0.15, 0.2) is 53.7 Å². The van der Waals surface area contributed by atoms with Crippen LogP contribution < -0.4 is 16.0 Å². The van der Waals surface area contributed by atoms with Gasteiger partial charge in [-0.2, -0.15) is 0 Å². The Hall–Kier alpha value is -2.16. The summed E-state index contributed by atoms with van der Waals surface area (Å²) in [5.41, 5.74) is 2.69. The van der Waals surface area contributed by atoms with Crippen LogP contribution in [-0.2, 0) is 13.1 Å². The third-order valence-electron chi connectivity index (χ3n) is 3.40. The minimum Gasteiger partial charge on any atom is -0.352 e. The molecule has 0 fully saturated rings. The van der Waals surface area contributed by atoms with Gasteiger partial charge in [-0.3, -0.25) is 14.8 Å². The van der Waals surface area contributed by atoms with E-state index in [9.17, 15) is 4.79 Å². The Balaban J connectivity index is 0.00000312. The molecule has 2 aromatic rings. The van der Waals surface area contributed by atoms with Crippen molar-refractivity contribution < 1.29 is 4.79 Å². The van der Waals surface area contributed by atoms with E-state index < -0.39 is 0 Å². The predicted octanol–water partition coefficient (Wildman–Crippen LogP) is 2.31. The lowest BCUT2D eigenvalue weighted by Crippen LogP contribution is -2.36. The lowest BCUT2D eigenvalue weighted by molar-refractivity contribution is 0.0956. The summed E-state index contributed by atoms with van der Waals surface area (Å²) >= 11 is 0. The standard InChI is InChI=1S/C18H23N5O.HI/c1-3-20-17(24)15-9-7-14(8-10-15)12-22-18(19-2)23-13-16-6-4-5-11-21-16;/h4-11H,3,12-13H2,1-2H3,(H,20,24)(H2,19,22,23);1H. The molecule has 0 saturated carbocycles. The number of nitrogens with one attached hydrogen (secondary N) is 3. The number of aliphatic imine (C=N–C) groups is 1. The van der Waals surface area contributed by atoms with Crippen LogP contribution in [0.25, 0.3) is 0 Å². The fraction of sp³-hybridized carbons (Fsp3) is 0.278. The first-order chi connectivity index (χ1) is 11.7. The second kappa shape index (κ2) is 11.4. The van der Waals surface area contributed by atoms with Crippen LogP contribution in [0.3, 0.4) is 0 Å². The Labute approximate surface area is 165 Å². The van der Waals surface area contributed by atoms with Crippen molar-refractivity contribution in [2.75, 3.05) is 13.6 Å². The fourth-order valence-electron chi connectivity index (χ4n) is 2.12. The molecular formula is C18H24IN5O. The molecule has 1 amide bonds. The fourth-order valence-corrected chi connectivity index (χ4v) is 2.12. The minimum atomic E-state index is -0.0511. The van der Waals surface area contributed by atoms with Gasteiger partial charge in [0.15, 0.2) is 5.96 Å². The van der Waals surface area contributed by atoms with Crippen LogP contribution in [-0.4, -0.2) is 30.4 Å². The highest BCUT2D eigenvalue weighted by Crippen LogP contribution is 2.04. The molecule has 0 bridgehead atoms. The number of rotatable bonds is 6. The van der Waals surface area contributed by atoms with Crippen LogP contribution in [0.1, 0.15) is 28.5 Å². The number of amides is 1. The van der Waals surface area contributed by atoms with Gasteiger partial charge in [-0.1, -0.05) is 18.2 Å². The molecule has 1 heterocycles. The SMILES string of the molecule is CCNC(=O)c1ccc(CNC(=NC)NCc2ccccn2)cc1.I. The summed E-state index contributed by atoms with van der Waals surface area (Å²) in [4.78, 5) is 20.2. The van der Waals surface area contributed by atoms with E-state index in [1.54, 1.807) is 13.2 Å². The average molecular weight is 453 g/mol. The number of pyridine rings is 1. The zero-order valence-electron chi connectivity index (χ0n) is 14.5. The van der Waals surface area contributed by atoms with E-state index in [0.29, 0.717) is 31.2 Å². The first kappa shape index (κ1) is 20.9. The van der Waals surface area contributed by atoms with Gasteiger partial charge in [0, 0.05) is 31.9 Å². The summed E-state index contributed by atoms with van der Waals surface area (Å²) in [6.07, 6.45) is 1.77. The molecule has 0 atom stereocenters. The lowest BCUT2D eigenvalue weighted by atomic mass is 10.1. The zero-order valence-corrected chi connectivity index (χ0v) is 16.8. The Morgan fingerprint density at radius 3 is 2.36 bits per heavy atom. The minimum absolute atomic E-state index is 0. The quantitative estimate of drug-likeness (QED) is 0.357. The summed E-state index contributed by atoms with van der Waals surface area (Å²) in [5, 5.41) is 9.24. The number of hydrogen-bond donors (Lipinski definition) is 3. The van der Waals surface area contributed by atoms with Gasteiger partial charge >= 0.3 is 0 Å². The van der Waals surface area contributed by atoms with E-state index in [4.69, 9.17) is 0 Å². The third kappa shape index (κ3) is 7.08. The molecular weight excluding hydrogens is 429 g/mol. The van der Waals surface area contributed by atoms with Crippen molar-refractivity contribution in [2.45, 2.75) is 20.0 Å². The van der Waals surface area contributed by atoms with Crippen molar-refractivity contribution in [3.63, 3.8) is 0 Å². The number of halogens is 1. The number of nitrogens with zero attached hydrogens (tertiary/aromatic N) is 2. The summed E-state index contributed by atoms with van der Waals surface area (Å²) in [5.74, 6) is 0.651. The van der Waals surface area contributed by atoms with Gasteiger partial charge in [0.2, 0.25) is 0 Å². The molecule has 2 rings (SSSR count). The van der Waals surface area contributed by atoms with Crippen molar-refractivity contribution in [3.05, 3.63) is 65.5 Å². The van der Waals surface area contributed by atoms with Gasteiger partial charge in [0.05, 0.1) is 12.2 Å². The molecule has 0 unspecified atom stereocenters. The molecule has 1 aromatic carbocycles. The molecule has 0 aliphatic carbocycles. The van der Waals surface area contributed by atoms with Crippen LogP contribution in [0.4, 0.5) is 0 Å². The smallest absolute Gasteiger partial charge is 0.251 e. The third-order valence-corrected chi connectivity index (χ3v) is 3.40. The molecule has 3 N–H and O–H groups in total. The van der Waals surface area contributed by atoms with Gasteiger partial charge in [-0.15, -0.1) is 24.0 Å². The van der Waals surface area contributed by atoms with Crippen molar-refractivity contribution in [3.8, 4) is 0 Å². The molecule has 25 heavy (non-hydrogen) atoms. The van der Waals surface area contributed by atoms with Gasteiger partial charge in [-0.25, -0.2) is 0 Å². The van der Waals surface area contributed by atoms with Crippen molar-refractivity contribution in [1.82, 2.24) is 20.9 Å². The number of guanidine groups is 1. The van der Waals surface area contributed by atoms with Crippen molar-refractivity contribution >= 4 is 35.8 Å². The highest BCUT2D eigenvalue weighted by atomic mass is 127. The number of hydrogen-bond acceptors (Lipinski definition) is 3. The van der Waals surface area contributed by atoms with E-state index in [2.05, 4.69) is 25.9 Å². The van der Waals surface area contributed by atoms with Gasteiger partial charge in [0.25, 0.3) is 5.91 Å². The topological polar surface area (TPSA) is 78.4 Å². The van der Waals surface area contributed by atoms with Gasteiger partial charge < -0.3 is 16.0 Å². The van der Waals surface area contributed by atoms with Crippen molar-refractivity contribution in [1.29, 1.82) is 0 Å². The molecule has 0 aliphatic heterocycles. The highest BCUT2D eigenvalue weighted by Gasteiger charge is 2.04. The largest absolute Gasteiger partial charge is 0.352 e. The van der Waals surface area contributed by atoms with E-state index in [-0.39, 0.29) is 29.9 Å². The van der Waals surface area contributed by atoms with E-state index in [1.807, 2.05) is 49.4 Å². The maximum Gasteiger partial charge on any atom is 0.251 e. The monoisotopic (exact) mass is 453 g/mol. The lowest BCUT2D eigenvalue weighted by Gasteiger charge is -2.12. The highest BCUT2D eigenvalue weighted by molar-refractivity contribution is 14.0. The molecule has 134 valence electrons. The van der Waals surface area contributed by atoms with E-state index in [0.717, 1.165) is 11.3 Å². The molecule has 6 nitrogen and oxygen atoms in total. The second-order valence-electron chi connectivity index (χ2n) is 5.16. The molecule has 0 saturated heterocycles. The number of carbonyl (C=O) groups excluding carboxylic acids is 1. The summed E-state index contributed by atoms with van der Waals surface area (Å²) in [6.45, 7) is 3.76. The Bertz CT molecular complexity index is 674. The average Bonchev–Trinajstić information content (AvgIpc) is 2.63. The first-order valence-electron chi connectivity index (χ1n) is 7.94. The van der Waals surface area contributed by atoms with Crippen LogP contribution in [0, 0.1) is 0 Å². The Morgan fingerprint density at radius 2 is 1.76 bits per heavy atom. The molecule has 0 aliphatic rings. The van der Waals surface area contributed by atoms with E-state index in [1.165, 1.54) is 0 Å². The van der Waals surface area contributed by atoms with E-state index >= 15 is 0 Å². The predicted molar refractivity (Wildman–Crippen MR) is 111 cm³/mol. The molecule has 0 radical (unpaired) electrons. The first-order valence-corrected chi connectivity index (χ1v) is 7.94. The number of aromatic nitrogens is 1. The Morgan fingerprint density at radius 1 is 1.04 bits per heavy atom. The molecule has 7 heteroatoms. The maximum absolute atomic E-state index is 11.7. The maximum atomic E-state index is 11.7. The normalized spacial score (nSPS) is 10.6. The zero-order chi connectivity index (χ0) is 17.2. The number of carbonyl (C=O) groups is 1. The summed E-state index contributed by atoms with van der Waals surface area (Å²) in [7, 11) is 1.73. The van der Waals surface area contributed by atoms with Crippen LogP contribution >= 0.6 is 24.0 Å². The van der Waals surface area contributed by atoms with Crippen LogP contribution in [0.2, 0.25) is 0 Å². The van der Waals surface area contributed by atoms with Gasteiger partial charge in [0.1, 0.15) is 0 Å². The molecule has 0 spiro atoms. The summed E-state index contributed by atoms with van der Waals surface area (Å²) in [6, 6.07) is 13.3. The Kier molecular flexibility index (Phi) is 9.53. The summed E-state index contributed by atoms with van der Waals surface area (Å²) < 4.78 is 0. The number of benzene rings is 1. The van der Waals surface area contributed by atoms with Gasteiger partial charge in [-0.05, 0) is 36.8 Å². The second-order valence-corrected chi connectivity index (χ2v) is 5.16. The van der Waals surface area contributed by atoms with Crippen molar-refractivity contribution in [2.24, 2.45) is 4.99 Å². The van der Waals surface area contributed by atoms with Crippen LogP contribution in [0.5, 0.6) is 0 Å². The molecule has 1 aromatic heterocycles.